The predicted molar refractivity (Wildman–Crippen MR) is 101 cm³/mol. The number of benzene rings is 3. The molecule has 1 atom stereocenters. The minimum absolute atomic E-state index is 0.0129. The summed E-state index contributed by atoms with van der Waals surface area (Å²) >= 11 is 0. The van der Waals surface area contributed by atoms with E-state index in [0.29, 0.717) is 11.5 Å². The van der Waals surface area contributed by atoms with E-state index in [-0.39, 0.29) is 6.61 Å². The van der Waals surface area contributed by atoms with Gasteiger partial charge in [-0.1, -0.05) is 66.7 Å². The summed E-state index contributed by atoms with van der Waals surface area (Å²) in [6.07, 6.45) is 0. The van der Waals surface area contributed by atoms with Crippen LogP contribution in [-0.2, 0) is 9.09 Å². The summed E-state index contributed by atoms with van der Waals surface area (Å²) in [6.45, 7) is -0.0129. The van der Waals surface area contributed by atoms with Gasteiger partial charge in [0.05, 0.1) is 12.6 Å². The van der Waals surface area contributed by atoms with E-state index >= 15 is 0 Å². The van der Waals surface area contributed by atoms with Gasteiger partial charge in [0, 0.05) is 0 Å². The summed E-state index contributed by atoms with van der Waals surface area (Å²) in [5.74, 6) is 0.778. The van der Waals surface area contributed by atoms with Gasteiger partial charge in [0.2, 0.25) is 0 Å². The van der Waals surface area contributed by atoms with Crippen LogP contribution in [0.25, 0.3) is 0 Å². The number of para-hydroxylation sites is 2. The maximum absolute atomic E-state index is 13.2. The fourth-order valence-electron chi connectivity index (χ4n) is 2.26. The largest absolute Gasteiger partial charge is 0.587 e. The number of hydrogen-bond donors (Lipinski definition) is 1. The molecule has 26 heavy (non-hydrogen) atoms. The Morgan fingerprint density at radius 2 is 1.15 bits per heavy atom. The molecule has 134 valence electrons. The van der Waals surface area contributed by atoms with Crippen LogP contribution in [0.1, 0.15) is 11.6 Å². The first-order chi connectivity index (χ1) is 12.6. The molecular formula is C20H20NO4P. The van der Waals surface area contributed by atoms with Gasteiger partial charge in [0.15, 0.2) is 0 Å². The van der Waals surface area contributed by atoms with E-state index in [9.17, 15) is 4.57 Å². The minimum Gasteiger partial charge on any atom is -0.395 e. The quantitative estimate of drug-likeness (QED) is 0.568. The molecule has 6 heteroatoms. The number of phosphoric ester groups is 1. The third kappa shape index (κ3) is 5.20. The zero-order valence-electron chi connectivity index (χ0n) is 14.1. The first kappa shape index (κ1) is 18.2. The Hall–Kier alpha value is -2.59. The lowest BCUT2D eigenvalue weighted by Crippen LogP contribution is -2.18. The SMILES string of the molecule is NC(COP(=O)(Oc1ccccc1)Oc1ccccc1)c1ccccc1. The minimum atomic E-state index is -3.92. The predicted octanol–water partition coefficient (Wildman–Crippen LogP) is 4.97. The Balaban J connectivity index is 1.75. The fraction of sp³-hybridized carbons (Fsp3) is 0.100. The monoisotopic (exact) mass is 369 g/mol. The van der Waals surface area contributed by atoms with Crippen molar-refractivity contribution >= 4 is 7.82 Å². The van der Waals surface area contributed by atoms with Crippen LogP contribution in [0.15, 0.2) is 91.0 Å². The second kappa shape index (κ2) is 8.68. The Bertz CT molecular complexity index is 798. The molecule has 5 nitrogen and oxygen atoms in total. The molecule has 1 unspecified atom stereocenters. The summed E-state index contributed by atoms with van der Waals surface area (Å²) in [6, 6.07) is 26.5. The second-order valence-corrected chi connectivity index (χ2v) is 7.09. The third-order valence-corrected chi connectivity index (χ3v) is 4.89. The fourth-order valence-corrected chi connectivity index (χ4v) is 3.51. The first-order valence-corrected chi connectivity index (χ1v) is 9.65. The van der Waals surface area contributed by atoms with Crippen LogP contribution in [-0.4, -0.2) is 6.61 Å². The molecule has 0 radical (unpaired) electrons. The Labute approximate surface area is 153 Å². The molecule has 2 N–H and O–H groups in total. The first-order valence-electron chi connectivity index (χ1n) is 8.19. The van der Waals surface area contributed by atoms with Gasteiger partial charge in [0.1, 0.15) is 11.5 Å². The van der Waals surface area contributed by atoms with Gasteiger partial charge >= 0.3 is 7.82 Å². The summed E-state index contributed by atoms with van der Waals surface area (Å²) in [5.41, 5.74) is 7.01. The van der Waals surface area contributed by atoms with Gasteiger partial charge in [-0.3, -0.25) is 4.52 Å². The van der Waals surface area contributed by atoms with E-state index < -0.39 is 13.9 Å². The maximum atomic E-state index is 13.2. The van der Waals surface area contributed by atoms with Crippen LogP contribution in [0.4, 0.5) is 0 Å². The highest BCUT2D eigenvalue weighted by Gasteiger charge is 2.31. The highest BCUT2D eigenvalue weighted by atomic mass is 31.2. The molecule has 0 aliphatic carbocycles. The van der Waals surface area contributed by atoms with E-state index in [1.807, 2.05) is 42.5 Å². The van der Waals surface area contributed by atoms with E-state index in [0.717, 1.165) is 5.56 Å². The highest BCUT2D eigenvalue weighted by molar-refractivity contribution is 7.49. The molecule has 0 amide bonds. The molecule has 3 aromatic rings. The smallest absolute Gasteiger partial charge is 0.395 e. The second-order valence-electron chi connectivity index (χ2n) is 5.57. The lowest BCUT2D eigenvalue weighted by molar-refractivity contribution is 0.198. The average Bonchev–Trinajstić information content (AvgIpc) is 2.68. The van der Waals surface area contributed by atoms with E-state index in [1.54, 1.807) is 48.5 Å². The molecule has 0 fully saturated rings. The molecule has 0 aliphatic rings. The molecule has 0 bridgehead atoms. The molecule has 0 saturated heterocycles. The number of nitrogens with two attached hydrogens (primary N) is 1. The highest BCUT2D eigenvalue weighted by Crippen LogP contribution is 2.50. The van der Waals surface area contributed by atoms with Crippen LogP contribution < -0.4 is 14.8 Å². The summed E-state index contributed by atoms with van der Waals surface area (Å²) < 4.78 is 29.8. The number of phosphoric acid groups is 1. The Morgan fingerprint density at radius 1 is 0.731 bits per heavy atom. The molecule has 3 rings (SSSR count). The van der Waals surface area contributed by atoms with E-state index in [1.165, 1.54) is 0 Å². The van der Waals surface area contributed by atoms with Gasteiger partial charge in [-0.05, 0) is 29.8 Å². The van der Waals surface area contributed by atoms with Crippen molar-refractivity contribution in [3.8, 4) is 11.5 Å². The zero-order valence-corrected chi connectivity index (χ0v) is 15.0. The zero-order chi connectivity index (χ0) is 18.2. The molecule has 3 aromatic carbocycles. The molecule has 0 spiro atoms. The van der Waals surface area contributed by atoms with Crippen LogP contribution in [0.3, 0.4) is 0 Å². The maximum Gasteiger partial charge on any atom is 0.587 e. The molecule has 0 heterocycles. The Kier molecular flexibility index (Phi) is 6.08. The lowest BCUT2D eigenvalue weighted by atomic mass is 10.1. The van der Waals surface area contributed by atoms with E-state index in [2.05, 4.69) is 0 Å². The van der Waals surface area contributed by atoms with Crippen LogP contribution >= 0.6 is 7.82 Å². The van der Waals surface area contributed by atoms with Crippen molar-refractivity contribution in [3.05, 3.63) is 96.6 Å². The molecule has 0 aliphatic heterocycles. The number of rotatable bonds is 8. The van der Waals surface area contributed by atoms with Crippen molar-refractivity contribution in [1.82, 2.24) is 0 Å². The normalized spacial score (nSPS) is 12.3. The summed E-state index contributed by atoms with van der Waals surface area (Å²) in [5, 5.41) is 0. The van der Waals surface area contributed by atoms with Crippen molar-refractivity contribution in [2.45, 2.75) is 6.04 Å². The van der Waals surface area contributed by atoms with E-state index in [4.69, 9.17) is 19.3 Å². The molecular weight excluding hydrogens is 349 g/mol. The van der Waals surface area contributed by atoms with Gasteiger partial charge in [-0.15, -0.1) is 0 Å². The Morgan fingerprint density at radius 3 is 1.62 bits per heavy atom. The lowest BCUT2D eigenvalue weighted by Gasteiger charge is -2.21. The van der Waals surface area contributed by atoms with Crippen LogP contribution in [0.2, 0.25) is 0 Å². The molecule has 0 aromatic heterocycles. The van der Waals surface area contributed by atoms with Crippen molar-refractivity contribution < 1.29 is 18.1 Å². The van der Waals surface area contributed by atoms with Gasteiger partial charge in [-0.2, -0.15) is 0 Å². The number of hydrogen-bond acceptors (Lipinski definition) is 5. The van der Waals surface area contributed by atoms with Crippen molar-refractivity contribution in [1.29, 1.82) is 0 Å². The third-order valence-electron chi connectivity index (χ3n) is 3.56. The van der Waals surface area contributed by atoms with Crippen molar-refractivity contribution in [2.24, 2.45) is 5.73 Å². The standard InChI is InChI=1S/C20H20NO4P/c21-20(17-10-4-1-5-11-17)16-23-26(22,24-18-12-6-2-7-13-18)25-19-14-8-3-9-15-19/h1-15,20H,16,21H2. The molecule has 0 saturated carbocycles. The van der Waals surface area contributed by atoms with Gasteiger partial charge in [0.25, 0.3) is 0 Å². The van der Waals surface area contributed by atoms with Gasteiger partial charge in [-0.25, -0.2) is 4.57 Å². The van der Waals surface area contributed by atoms with Crippen molar-refractivity contribution in [3.63, 3.8) is 0 Å². The van der Waals surface area contributed by atoms with Crippen LogP contribution in [0.5, 0.6) is 11.5 Å². The summed E-state index contributed by atoms with van der Waals surface area (Å²) in [4.78, 5) is 0. The topological polar surface area (TPSA) is 70.8 Å². The van der Waals surface area contributed by atoms with Crippen molar-refractivity contribution in [2.75, 3.05) is 6.61 Å². The van der Waals surface area contributed by atoms with Gasteiger partial charge < -0.3 is 14.8 Å². The average molecular weight is 369 g/mol. The summed E-state index contributed by atoms with van der Waals surface area (Å²) in [7, 11) is -3.92. The van der Waals surface area contributed by atoms with Crippen LogP contribution in [0, 0.1) is 0 Å².